The number of hydrogen-bond donors (Lipinski definition) is 1. The van der Waals surface area contributed by atoms with E-state index in [2.05, 4.69) is 12.2 Å². The van der Waals surface area contributed by atoms with Crippen molar-refractivity contribution < 1.29 is 4.92 Å². The zero-order valence-electron chi connectivity index (χ0n) is 9.97. The second-order valence-corrected chi connectivity index (χ2v) is 5.90. The molecule has 92 valence electrons. The van der Waals surface area contributed by atoms with Gasteiger partial charge in [0.1, 0.15) is 0 Å². The van der Waals surface area contributed by atoms with Crippen molar-refractivity contribution >= 4 is 23.1 Å². The van der Waals surface area contributed by atoms with Gasteiger partial charge in [0.25, 0.3) is 5.69 Å². The van der Waals surface area contributed by atoms with Gasteiger partial charge in [0.2, 0.25) is 0 Å². The van der Waals surface area contributed by atoms with Crippen LogP contribution in [0.4, 0.5) is 11.4 Å². The third-order valence-corrected chi connectivity index (χ3v) is 4.42. The summed E-state index contributed by atoms with van der Waals surface area (Å²) in [5.74, 6) is 1.07. The molecule has 0 amide bonds. The number of thioether (sulfide) groups is 1. The fourth-order valence-corrected chi connectivity index (χ4v) is 3.26. The minimum atomic E-state index is -0.327. The van der Waals surface area contributed by atoms with Crippen LogP contribution in [0.1, 0.15) is 18.9 Å². The smallest absolute Gasteiger partial charge is 0.274 e. The van der Waals surface area contributed by atoms with E-state index in [4.69, 9.17) is 0 Å². The summed E-state index contributed by atoms with van der Waals surface area (Å²) in [5, 5.41) is 14.9. The lowest BCUT2D eigenvalue weighted by Crippen LogP contribution is -2.19. The molecular weight excluding hydrogens is 236 g/mol. The van der Waals surface area contributed by atoms with Crippen molar-refractivity contribution in [1.82, 2.24) is 0 Å². The summed E-state index contributed by atoms with van der Waals surface area (Å²) in [6, 6.07) is 5.62. The van der Waals surface area contributed by atoms with E-state index in [-0.39, 0.29) is 10.6 Å². The van der Waals surface area contributed by atoms with Gasteiger partial charge in [-0.05, 0) is 19.4 Å². The van der Waals surface area contributed by atoms with E-state index < -0.39 is 0 Å². The van der Waals surface area contributed by atoms with E-state index >= 15 is 0 Å². The maximum atomic E-state index is 10.8. The summed E-state index contributed by atoms with van der Waals surface area (Å²) >= 11 is 1.94. The molecule has 0 saturated carbocycles. The highest BCUT2D eigenvalue weighted by molar-refractivity contribution is 8.00. The minimum absolute atomic E-state index is 0.189. The average molecular weight is 252 g/mol. The molecule has 0 aromatic heterocycles. The summed E-state index contributed by atoms with van der Waals surface area (Å²) in [7, 11) is 0. The molecule has 17 heavy (non-hydrogen) atoms. The second kappa shape index (κ2) is 4.96. The van der Waals surface area contributed by atoms with Crippen molar-refractivity contribution in [3.8, 4) is 0 Å². The minimum Gasteiger partial charge on any atom is -0.381 e. The second-order valence-electron chi connectivity index (χ2n) is 4.43. The molecule has 1 heterocycles. The van der Waals surface area contributed by atoms with Crippen LogP contribution in [-0.4, -0.2) is 22.0 Å². The number of hydrogen-bond acceptors (Lipinski definition) is 4. The molecule has 1 saturated heterocycles. The summed E-state index contributed by atoms with van der Waals surface area (Å²) in [6.07, 6.45) is 1.12. The van der Waals surface area contributed by atoms with E-state index in [9.17, 15) is 10.1 Å². The standard InChI is InChI=1S/C12H16N2O2S/c1-8-6-10(7-17-8)13-11-4-3-5-12(9(11)2)14(15)16/h3-5,8,10,13H,6-7H2,1-2H3. The maximum Gasteiger partial charge on any atom is 0.274 e. The van der Waals surface area contributed by atoms with Crippen molar-refractivity contribution in [2.24, 2.45) is 0 Å². The Bertz CT molecular complexity index is 437. The Morgan fingerprint density at radius 3 is 2.88 bits per heavy atom. The Hall–Kier alpha value is -1.23. The Morgan fingerprint density at radius 2 is 2.29 bits per heavy atom. The van der Waals surface area contributed by atoms with Crippen LogP contribution in [0.25, 0.3) is 0 Å². The summed E-state index contributed by atoms with van der Waals surface area (Å²) in [5.41, 5.74) is 1.80. The number of benzene rings is 1. The number of nitro groups is 1. The highest BCUT2D eigenvalue weighted by Crippen LogP contribution is 2.31. The first-order chi connectivity index (χ1) is 8.08. The zero-order valence-corrected chi connectivity index (χ0v) is 10.8. The fourth-order valence-electron chi connectivity index (χ4n) is 2.12. The van der Waals surface area contributed by atoms with Gasteiger partial charge in [-0.15, -0.1) is 0 Å². The highest BCUT2D eigenvalue weighted by atomic mass is 32.2. The van der Waals surface area contributed by atoms with E-state index in [1.165, 1.54) is 0 Å². The molecule has 0 bridgehead atoms. The lowest BCUT2D eigenvalue weighted by atomic mass is 10.1. The van der Waals surface area contributed by atoms with Crippen LogP contribution in [-0.2, 0) is 0 Å². The van der Waals surface area contributed by atoms with Crippen molar-refractivity contribution in [3.05, 3.63) is 33.9 Å². The zero-order chi connectivity index (χ0) is 12.4. The van der Waals surface area contributed by atoms with Gasteiger partial charge in [-0.3, -0.25) is 10.1 Å². The molecule has 2 rings (SSSR count). The molecule has 1 N–H and O–H groups in total. The molecule has 0 radical (unpaired) electrons. The van der Waals surface area contributed by atoms with Crippen LogP contribution in [0.15, 0.2) is 18.2 Å². The number of nitro benzene ring substituents is 1. The predicted octanol–water partition coefficient (Wildman–Crippen LogP) is 3.21. The third kappa shape index (κ3) is 2.72. The van der Waals surface area contributed by atoms with E-state index in [1.807, 2.05) is 17.8 Å². The van der Waals surface area contributed by atoms with Crippen molar-refractivity contribution in [2.75, 3.05) is 11.1 Å². The van der Waals surface area contributed by atoms with Crippen LogP contribution in [0.2, 0.25) is 0 Å². The van der Waals surface area contributed by atoms with Crippen molar-refractivity contribution in [3.63, 3.8) is 0 Å². The first kappa shape index (κ1) is 12.2. The monoisotopic (exact) mass is 252 g/mol. The first-order valence-electron chi connectivity index (χ1n) is 5.70. The van der Waals surface area contributed by atoms with Crippen LogP contribution < -0.4 is 5.32 Å². The highest BCUT2D eigenvalue weighted by Gasteiger charge is 2.23. The number of nitrogens with zero attached hydrogens (tertiary/aromatic N) is 1. The summed E-state index contributed by atoms with van der Waals surface area (Å²) in [4.78, 5) is 10.5. The summed E-state index contributed by atoms with van der Waals surface area (Å²) in [6.45, 7) is 4.01. The fraction of sp³-hybridized carbons (Fsp3) is 0.500. The molecule has 1 fully saturated rings. The van der Waals surface area contributed by atoms with Gasteiger partial charge in [0, 0.05) is 34.4 Å². The first-order valence-corrected chi connectivity index (χ1v) is 6.75. The Labute approximate surface area is 105 Å². The normalized spacial score (nSPS) is 23.6. The predicted molar refractivity (Wildman–Crippen MR) is 71.8 cm³/mol. The average Bonchev–Trinajstić information content (AvgIpc) is 2.67. The van der Waals surface area contributed by atoms with E-state index in [0.29, 0.717) is 11.3 Å². The van der Waals surface area contributed by atoms with Crippen LogP contribution in [0.3, 0.4) is 0 Å². The van der Waals surface area contributed by atoms with Gasteiger partial charge in [0.15, 0.2) is 0 Å². The Morgan fingerprint density at radius 1 is 1.53 bits per heavy atom. The van der Waals surface area contributed by atoms with Crippen molar-refractivity contribution in [2.45, 2.75) is 31.6 Å². The SMILES string of the molecule is Cc1c(NC2CSC(C)C2)cccc1[N+](=O)[O-]. The third-order valence-electron chi connectivity index (χ3n) is 3.06. The molecule has 4 nitrogen and oxygen atoms in total. The van der Waals surface area contributed by atoms with Gasteiger partial charge in [-0.2, -0.15) is 11.8 Å². The number of anilines is 1. The molecule has 1 aliphatic rings. The topological polar surface area (TPSA) is 55.2 Å². The Kier molecular flexibility index (Phi) is 3.57. The van der Waals surface area contributed by atoms with Gasteiger partial charge in [-0.1, -0.05) is 13.0 Å². The maximum absolute atomic E-state index is 10.8. The Balaban J connectivity index is 2.16. The molecule has 0 aliphatic carbocycles. The van der Waals surface area contributed by atoms with Gasteiger partial charge >= 0.3 is 0 Å². The van der Waals surface area contributed by atoms with E-state index in [1.54, 1.807) is 19.1 Å². The van der Waals surface area contributed by atoms with Crippen LogP contribution in [0, 0.1) is 17.0 Å². The van der Waals surface area contributed by atoms with Crippen molar-refractivity contribution in [1.29, 1.82) is 0 Å². The van der Waals surface area contributed by atoms with Crippen LogP contribution >= 0.6 is 11.8 Å². The lowest BCUT2D eigenvalue weighted by molar-refractivity contribution is -0.385. The number of rotatable bonds is 3. The largest absolute Gasteiger partial charge is 0.381 e. The molecule has 1 aromatic carbocycles. The van der Waals surface area contributed by atoms with Gasteiger partial charge in [-0.25, -0.2) is 0 Å². The molecule has 5 heteroatoms. The van der Waals surface area contributed by atoms with E-state index in [0.717, 1.165) is 23.4 Å². The quantitative estimate of drug-likeness (QED) is 0.663. The van der Waals surface area contributed by atoms with Gasteiger partial charge < -0.3 is 5.32 Å². The molecule has 1 aliphatic heterocycles. The summed E-state index contributed by atoms with van der Waals surface area (Å²) < 4.78 is 0. The number of nitrogens with one attached hydrogen (secondary N) is 1. The molecule has 1 aromatic rings. The molecule has 2 atom stereocenters. The lowest BCUT2D eigenvalue weighted by Gasteiger charge is -2.15. The molecular formula is C12H16N2O2S. The van der Waals surface area contributed by atoms with Gasteiger partial charge in [0.05, 0.1) is 4.92 Å². The van der Waals surface area contributed by atoms with Crippen LogP contribution in [0.5, 0.6) is 0 Å². The molecule has 2 unspecified atom stereocenters. The molecule has 0 spiro atoms.